The summed E-state index contributed by atoms with van der Waals surface area (Å²) in [4.78, 5) is 66.7. The van der Waals surface area contributed by atoms with Gasteiger partial charge < -0.3 is 26.2 Å². The number of carbonyl (C=O) groups is 4. The number of fused-ring (bicyclic) bond motifs is 1. The van der Waals surface area contributed by atoms with Crippen molar-refractivity contribution in [3.05, 3.63) is 38.9 Å². The number of hydrogen-bond donors (Lipinski definition) is 9. The number of carboxylic acid groups (broad SMARTS) is 4. The highest BCUT2D eigenvalue weighted by Crippen LogP contribution is 2.08. The van der Waals surface area contributed by atoms with E-state index in [1.54, 1.807) is 6.07 Å². The Hall–Kier alpha value is -4.32. The standard InChI is InChI=1S/C10H16N2O8.C8H7N3O2.H2O2/c13-7(14)3-11(4-8(15)16)1-2-12(5-9(17)18)6-10(19)20;9-4-1-2-5-6(3-4)8(13)11-10-7(5)12;1-2/h1-6H2,(H,13,14)(H,15,16)(H,17,18)(H,19,20);1-3H,9H2,(H,10,12)(H,11,13);1-2H. The van der Waals surface area contributed by atoms with E-state index >= 15 is 0 Å². The first-order valence-electron chi connectivity index (χ1n) is 9.41. The number of aromatic nitrogens is 2. The second-order valence-electron chi connectivity index (χ2n) is 6.71. The summed E-state index contributed by atoms with van der Waals surface area (Å²) >= 11 is 0. The number of hydrogen-bond acceptors (Lipinski definition) is 11. The maximum absolute atomic E-state index is 11.2. The monoisotopic (exact) mass is 503 g/mol. The number of benzene rings is 1. The van der Waals surface area contributed by atoms with Gasteiger partial charge >= 0.3 is 23.9 Å². The molecule has 0 aliphatic carbocycles. The third kappa shape index (κ3) is 12.5. The van der Waals surface area contributed by atoms with Crippen molar-refractivity contribution < 1.29 is 50.1 Å². The number of anilines is 1. The molecule has 2 aromatic rings. The highest BCUT2D eigenvalue weighted by molar-refractivity contribution is 5.83. The van der Waals surface area contributed by atoms with E-state index in [9.17, 15) is 28.8 Å². The van der Waals surface area contributed by atoms with Gasteiger partial charge in [0.05, 0.1) is 37.0 Å². The van der Waals surface area contributed by atoms with Crippen molar-refractivity contribution in [2.75, 3.05) is 45.0 Å². The average Bonchev–Trinajstić information content (AvgIpc) is 2.75. The Kier molecular flexibility index (Phi) is 13.6. The molecule has 0 saturated heterocycles. The van der Waals surface area contributed by atoms with Crippen LogP contribution in [0.3, 0.4) is 0 Å². The van der Waals surface area contributed by atoms with Crippen molar-refractivity contribution in [2.24, 2.45) is 0 Å². The number of carboxylic acids is 4. The van der Waals surface area contributed by atoms with Crippen molar-refractivity contribution in [3.63, 3.8) is 0 Å². The molecule has 0 fully saturated rings. The molecule has 1 aromatic heterocycles. The van der Waals surface area contributed by atoms with Crippen LogP contribution in [0.2, 0.25) is 0 Å². The van der Waals surface area contributed by atoms with Gasteiger partial charge in [-0.15, -0.1) is 0 Å². The van der Waals surface area contributed by atoms with Crippen molar-refractivity contribution >= 4 is 40.3 Å². The predicted molar refractivity (Wildman–Crippen MR) is 118 cm³/mol. The Balaban J connectivity index is 0.000000657. The van der Waals surface area contributed by atoms with Crippen LogP contribution in [0.1, 0.15) is 0 Å². The normalized spacial score (nSPS) is 10.2. The molecule has 0 atom stereocenters. The second-order valence-corrected chi connectivity index (χ2v) is 6.71. The highest BCUT2D eigenvalue weighted by atomic mass is 17.0. The minimum Gasteiger partial charge on any atom is -0.480 e. The van der Waals surface area contributed by atoms with Gasteiger partial charge in [-0.2, -0.15) is 0 Å². The van der Waals surface area contributed by atoms with Crippen LogP contribution in [0.4, 0.5) is 5.69 Å². The third-order valence-electron chi connectivity index (χ3n) is 3.99. The van der Waals surface area contributed by atoms with Crippen molar-refractivity contribution in [3.8, 4) is 0 Å². The van der Waals surface area contributed by atoms with E-state index in [2.05, 4.69) is 10.2 Å². The van der Waals surface area contributed by atoms with Crippen LogP contribution < -0.4 is 16.9 Å². The van der Waals surface area contributed by atoms with Gasteiger partial charge in [0.2, 0.25) is 0 Å². The van der Waals surface area contributed by atoms with Crippen LogP contribution in [-0.4, -0.2) is 114 Å². The first kappa shape index (κ1) is 30.7. The fourth-order valence-corrected chi connectivity index (χ4v) is 2.67. The molecular formula is C18H25N5O12. The smallest absolute Gasteiger partial charge is 0.317 e. The zero-order valence-electron chi connectivity index (χ0n) is 18.1. The van der Waals surface area contributed by atoms with Crippen LogP contribution in [-0.2, 0) is 19.2 Å². The molecule has 0 radical (unpaired) electrons. The van der Waals surface area contributed by atoms with E-state index in [1.807, 2.05) is 0 Å². The molecule has 0 aliphatic rings. The first-order chi connectivity index (χ1) is 16.4. The van der Waals surface area contributed by atoms with Gasteiger partial charge in [-0.05, 0) is 18.2 Å². The molecule has 0 amide bonds. The lowest BCUT2D eigenvalue weighted by atomic mass is 10.2. The molecule has 17 heteroatoms. The molecule has 0 aliphatic heterocycles. The van der Waals surface area contributed by atoms with E-state index in [0.29, 0.717) is 16.5 Å². The predicted octanol–water partition coefficient (Wildman–Crippen LogP) is -2.26. The number of H-pyrrole nitrogens is 2. The largest absolute Gasteiger partial charge is 0.480 e. The Bertz CT molecular complexity index is 1060. The molecule has 0 spiro atoms. The van der Waals surface area contributed by atoms with E-state index in [4.69, 9.17) is 36.7 Å². The van der Waals surface area contributed by atoms with E-state index in [-0.39, 0.29) is 24.2 Å². The summed E-state index contributed by atoms with van der Waals surface area (Å²) in [7, 11) is 0. The average molecular weight is 503 g/mol. The minimum atomic E-state index is -1.23. The van der Waals surface area contributed by atoms with Crippen LogP contribution in [0, 0.1) is 0 Å². The minimum absolute atomic E-state index is 0.0703. The molecule has 1 aromatic carbocycles. The number of rotatable bonds is 11. The summed E-state index contributed by atoms with van der Waals surface area (Å²) in [6, 6.07) is 4.58. The Morgan fingerprint density at radius 1 is 0.686 bits per heavy atom. The van der Waals surface area contributed by atoms with Crippen LogP contribution in [0.5, 0.6) is 0 Å². The highest BCUT2D eigenvalue weighted by Gasteiger charge is 2.18. The van der Waals surface area contributed by atoms with Crippen molar-refractivity contribution in [1.82, 2.24) is 20.0 Å². The molecule has 0 saturated carbocycles. The molecule has 10 N–H and O–H groups in total. The lowest BCUT2D eigenvalue weighted by Crippen LogP contribution is -2.43. The topological polar surface area (TPSA) is 288 Å². The molecule has 35 heavy (non-hydrogen) atoms. The van der Waals surface area contributed by atoms with Gasteiger partial charge in [0.25, 0.3) is 11.1 Å². The fraction of sp³-hybridized carbons (Fsp3) is 0.333. The lowest BCUT2D eigenvalue weighted by molar-refractivity contribution is -0.176. The zero-order valence-corrected chi connectivity index (χ0v) is 18.1. The number of aliphatic carboxylic acids is 4. The molecule has 2 rings (SSSR count). The summed E-state index contributed by atoms with van der Waals surface area (Å²) in [5.41, 5.74) is 5.27. The lowest BCUT2D eigenvalue weighted by Gasteiger charge is -2.23. The Morgan fingerprint density at radius 3 is 1.37 bits per heavy atom. The van der Waals surface area contributed by atoms with Gasteiger partial charge in [0.15, 0.2) is 0 Å². The summed E-state index contributed by atoms with van der Waals surface area (Å²) in [6.45, 7) is -2.25. The summed E-state index contributed by atoms with van der Waals surface area (Å²) in [5, 5.41) is 51.6. The van der Waals surface area contributed by atoms with E-state index in [1.165, 1.54) is 12.1 Å². The second kappa shape index (κ2) is 15.5. The summed E-state index contributed by atoms with van der Waals surface area (Å²) < 4.78 is 0. The number of nitrogens with zero attached hydrogens (tertiary/aromatic N) is 2. The quantitative estimate of drug-likeness (QED) is 0.0888. The zero-order chi connectivity index (χ0) is 27.1. The van der Waals surface area contributed by atoms with Gasteiger partial charge in [-0.3, -0.25) is 59.3 Å². The molecular weight excluding hydrogens is 478 g/mol. The van der Waals surface area contributed by atoms with Crippen LogP contribution in [0.15, 0.2) is 27.8 Å². The SMILES string of the molecule is Nc1ccc2c(=O)[nH][nH]c(=O)c2c1.O=C(O)CN(CCN(CC(=O)O)CC(=O)O)CC(=O)O.OO. The molecule has 194 valence electrons. The summed E-state index contributed by atoms with van der Waals surface area (Å²) in [6.07, 6.45) is 0. The fourth-order valence-electron chi connectivity index (χ4n) is 2.67. The Labute approximate surface area is 195 Å². The van der Waals surface area contributed by atoms with Crippen molar-refractivity contribution in [2.45, 2.75) is 0 Å². The van der Waals surface area contributed by atoms with Gasteiger partial charge in [0.1, 0.15) is 0 Å². The molecule has 17 nitrogen and oxygen atoms in total. The summed E-state index contributed by atoms with van der Waals surface area (Å²) in [5.74, 6) is -4.91. The van der Waals surface area contributed by atoms with E-state index < -0.39 is 50.1 Å². The van der Waals surface area contributed by atoms with Gasteiger partial charge in [-0.1, -0.05) is 0 Å². The van der Waals surface area contributed by atoms with Gasteiger partial charge in [-0.25, -0.2) is 0 Å². The number of aromatic amines is 2. The first-order valence-corrected chi connectivity index (χ1v) is 9.41. The van der Waals surface area contributed by atoms with Crippen LogP contribution >= 0.6 is 0 Å². The van der Waals surface area contributed by atoms with Gasteiger partial charge in [0, 0.05) is 18.8 Å². The van der Waals surface area contributed by atoms with Crippen molar-refractivity contribution in [1.29, 1.82) is 0 Å². The number of nitrogens with one attached hydrogen (secondary N) is 2. The maximum Gasteiger partial charge on any atom is 0.317 e. The number of nitrogen functional groups attached to an aromatic ring is 1. The van der Waals surface area contributed by atoms with Crippen LogP contribution in [0.25, 0.3) is 10.8 Å². The maximum atomic E-state index is 11.2. The van der Waals surface area contributed by atoms with E-state index in [0.717, 1.165) is 9.80 Å². The molecule has 1 heterocycles. The number of nitrogens with two attached hydrogens (primary N) is 1. The molecule has 0 unspecified atom stereocenters. The molecule has 0 bridgehead atoms. The third-order valence-corrected chi connectivity index (χ3v) is 3.99. The Morgan fingerprint density at radius 2 is 1.03 bits per heavy atom.